The van der Waals surface area contributed by atoms with Crippen LogP contribution in [0.15, 0.2) is 4.52 Å². The van der Waals surface area contributed by atoms with E-state index in [4.69, 9.17) is 4.52 Å². The van der Waals surface area contributed by atoms with E-state index in [-0.39, 0.29) is 24.0 Å². The van der Waals surface area contributed by atoms with Gasteiger partial charge < -0.3 is 14.5 Å². The quantitative estimate of drug-likeness (QED) is 0.869. The summed E-state index contributed by atoms with van der Waals surface area (Å²) in [7, 11) is 0. The SMILES string of the molecule is CC(C)c1noc(CCC(=O)N2CCN([C@@H]3CCC[C@H]3O)CC2)n1. The number of aryl methyl sites for hydroxylation is 1. The first-order valence-corrected chi connectivity index (χ1v) is 9.07. The van der Waals surface area contributed by atoms with Crippen molar-refractivity contribution in [2.75, 3.05) is 26.2 Å². The highest BCUT2D eigenvalue weighted by atomic mass is 16.5. The second-order valence-electron chi connectivity index (χ2n) is 7.18. The molecule has 1 aliphatic carbocycles. The van der Waals surface area contributed by atoms with E-state index in [1.807, 2.05) is 18.7 Å². The minimum atomic E-state index is -0.195. The number of carbonyl (C=O) groups is 1. The molecule has 2 atom stereocenters. The Morgan fingerprint density at radius 1 is 1.29 bits per heavy atom. The lowest BCUT2D eigenvalue weighted by Crippen LogP contribution is -2.53. The molecular weight excluding hydrogens is 308 g/mol. The van der Waals surface area contributed by atoms with Crippen molar-refractivity contribution in [1.82, 2.24) is 19.9 Å². The molecule has 24 heavy (non-hydrogen) atoms. The van der Waals surface area contributed by atoms with Crippen molar-refractivity contribution >= 4 is 5.91 Å². The standard InChI is InChI=1S/C17H28N4O3/c1-12(2)17-18-15(24-19-17)6-7-16(23)21-10-8-20(9-11-21)13-4-3-5-14(13)22/h12-14,22H,3-11H2,1-2H3/t13-,14-/m1/s1. The summed E-state index contributed by atoms with van der Waals surface area (Å²) in [4.78, 5) is 20.9. The maximum Gasteiger partial charge on any atom is 0.227 e. The van der Waals surface area contributed by atoms with E-state index in [9.17, 15) is 9.90 Å². The lowest BCUT2D eigenvalue weighted by molar-refractivity contribution is -0.133. The van der Waals surface area contributed by atoms with Gasteiger partial charge in [0, 0.05) is 51.0 Å². The zero-order valence-electron chi connectivity index (χ0n) is 14.6. The second kappa shape index (κ2) is 7.61. The molecule has 2 aliphatic rings. The molecule has 1 saturated carbocycles. The molecular formula is C17H28N4O3. The molecule has 1 saturated heterocycles. The third kappa shape index (κ3) is 3.95. The minimum Gasteiger partial charge on any atom is -0.391 e. The molecule has 134 valence electrons. The molecule has 1 N–H and O–H groups in total. The van der Waals surface area contributed by atoms with Crippen LogP contribution in [0.2, 0.25) is 0 Å². The predicted octanol–water partition coefficient (Wildman–Crippen LogP) is 1.18. The lowest BCUT2D eigenvalue weighted by Gasteiger charge is -2.39. The Bertz CT molecular complexity index is 552. The second-order valence-corrected chi connectivity index (χ2v) is 7.18. The molecule has 7 nitrogen and oxygen atoms in total. The summed E-state index contributed by atoms with van der Waals surface area (Å²) in [5.41, 5.74) is 0. The predicted molar refractivity (Wildman–Crippen MR) is 88.5 cm³/mol. The van der Waals surface area contributed by atoms with Crippen LogP contribution in [0, 0.1) is 0 Å². The van der Waals surface area contributed by atoms with Crippen LogP contribution in [0.3, 0.4) is 0 Å². The Balaban J connectivity index is 1.43. The van der Waals surface area contributed by atoms with Crippen LogP contribution in [0.4, 0.5) is 0 Å². The number of amides is 1. The van der Waals surface area contributed by atoms with Crippen LogP contribution in [0.25, 0.3) is 0 Å². The normalized spacial score (nSPS) is 25.6. The molecule has 2 fully saturated rings. The topological polar surface area (TPSA) is 82.7 Å². The number of carbonyl (C=O) groups excluding carboxylic acids is 1. The lowest BCUT2D eigenvalue weighted by atomic mass is 10.1. The van der Waals surface area contributed by atoms with Crippen molar-refractivity contribution in [3.8, 4) is 0 Å². The third-order valence-electron chi connectivity index (χ3n) is 5.13. The van der Waals surface area contributed by atoms with E-state index in [2.05, 4.69) is 15.0 Å². The molecule has 0 radical (unpaired) electrons. The smallest absolute Gasteiger partial charge is 0.227 e. The van der Waals surface area contributed by atoms with Crippen molar-refractivity contribution in [3.05, 3.63) is 11.7 Å². The Labute approximate surface area is 143 Å². The van der Waals surface area contributed by atoms with Crippen LogP contribution < -0.4 is 0 Å². The zero-order chi connectivity index (χ0) is 17.1. The number of aliphatic hydroxyl groups excluding tert-OH is 1. The average molecular weight is 336 g/mol. The molecule has 0 unspecified atom stereocenters. The summed E-state index contributed by atoms with van der Waals surface area (Å²) in [6, 6.07) is 0.287. The summed E-state index contributed by atoms with van der Waals surface area (Å²) >= 11 is 0. The fraction of sp³-hybridized carbons (Fsp3) is 0.824. The first-order valence-electron chi connectivity index (χ1n) is 9.07. The Morgan fingerprint density at radius 2 is 2.04 bits per heavy atom. The molecule has 1 amide bonds. The maximum atomic E-state index is 12.4. The van der Waals surface area contributed by atoms with Gasteiger partial charge in [-0.3, -0.25) is 9.69 Å². The van der Waals surface area contributed by atoms with Crippen molar-refractivity contribution in [2.24, 2.45) is 0 Å². The summed E-state index contributed by atoms with van der Waals surface area (Å²) in [6.45, 7) is 7.21. The molecule has 7 heteroatoms. The highest BCUT2D eigenvalue weighted by Crippen LogP contribution is 2.25. The molecule has 0 spiro atoms. The van der Waals surface area contributed by atoms with Gasteiger partial charge in [0.1, 0.15) is 0 Å². The zero-order valence-corrected chi connectivity index (χ0v) is 14.6. The molecule has 1 aromatic heterocycles. The summed E-state index contributed by atoms with van der Waals surface area (Å²) in [5, 5.41) is 13.9. The highest BCUT2D eigenvalue weighted by Gasteiger charge is 2.33. The van der Waals surface area contributed by atoms with Gasteiger partial charge in [-0.1, -0.05) is 19.0 Å². The van der Waals surface area contributed by atoms with Crippen LogP contribution in [0.5, 0.6) is 0 Å². The molecule has 3 rings (SSSR count). The number of aliphatic hydroxyl groups is 1. The van der Waals surface area contributed by atoms with Crippen molar-refractivity contribution in [2.45, 2.75) is 64.0 Å². The number of hydrogen-bond donors (Lipinski definition) is 1. The summed E-state index contributed by atoms with van der Waals surface area (Å²) in [5.74, 6) is 1.61. The largest absolute Gasteiger partial charge is 0.391 e. The molecule has 2 heterocycles. The van der Waals surface area contributed by atoms with Crippen LogP contribution in [-0.2, 0) is 11.2 Å². The third-order valence-corrected chi connectivity index (χ3v) is 5.13. The van der Waals surface area contributed by atoms with Gasteiger partial charge in [-0.2, -0.15) is 4.98 Å². The van der Waals surface area contributed by atoms with Crippen molar-refractivity contribution < 1.29 is 14.4 Å². The Kier molecular flexibility index (Phi) is 5.50. The van der Waals surface area contributed by atoms with Gasteiger partial charge in [-0.05, 0) is 19.3 Å². The molecule has 1 aliphatic heterocycles. The number of rotatable bonds is 5. The molecule has 1 aromatic rings. The maximum absolute atomic E-state index is 12.4. The fourth-order valence-corrected chi connectivity index (χ4v) is 3.63. The summed E-state index contributed by atoms with van der Waals surface area (Å²) in [6.07, 6.45) is 3.80. The Morgan fingerprint density at radius 3 is 2.62 bits per heavy atom. The van der Waals surface area contributed by atoms with Gasteiger partial charge in [-0.25, -0.2) is 0 Å². The van der Waals surface area contributed by atoms with Gasteiger partial charge in [0.25, 0.3) is 0 Å². The van der Waals surface area contributed by atoms with Gasteiger partial charge in [-0.15, -0.1) is 0 Å². The van der Waals surface area contributed by atoms with Gasteiger partial charge >= 0.3 is 0 Å². The van der Waals surface area contributed by atoms with Crippen LogP contribution in [0.1, 0.15) is 57.2 Å². The number of nitrogens with zero attached hydrogens (tertiary/aromatic N) is 4. The number of aromatic nitrogens is 2. The number of piperazine rings is 1. The van der Waals surface area contributed by atoms with Crippen molar-refractivity contribution in [3.63, 3.8) is 0 Å². The average Bonchev–Trinajstić information content (AvgIpc) is 3.22. The van der Waals surface area contributed by atoms with Crippen molar-refractivity contribution in [1.29, 1.82) is 0 Å². The fourth-order valence-electron chi connectivity index (χ4n) is 3.63. The van der Waals surface area contributed by atoms with Gasteiger partial charge in [0.2, 0.25) is 11.8 Å². The highest BCUT2D eigenvalue weighted by molar-refractivity contribution is 5.76. The van der Waals surface area contributed by atoms with Crippen LogP contribution in [-0.4, -0.2) is 69.3 Å². The van der Waals surface area contributed by atoms with Crippen LogP contribution >= 0.6 is 0 Å². The van der Waals surface area contributed by atoms with E-state index in [0.29, 0.717) is 24.6 Å². The van der Waals surface area contributed by atoms with Gasteiger partial charge in [0.05, 0.1) is 6.10 Å². The first-order chi connectivity index (χ1) is 11.5. The monoisotopic (exact) mass is 336 g/mol. The minimum absolute atomic E-state index is 0.144. The molecule has 0 bridgehead atoms. The van der Waals surface area contributed by atoms with E-state index in [1.165, 1.54) is 0 Å². The first kappa shape index (κ1) is 17.4. The van der Waals surface area contributed by atoms with E-state index >= 15 is 0 Å². The number of hydrogen-bond acceptors (Lipinski definition) is 6. The molecule has 0 aromatic carbocycles. The van der Waals surface area contributed by atoms with E-state index in [0.717, 1.165) is 45.4 Å². The van der Waals surface area contributed by atoms with E-state index in [1.54, 1.807) is 0 Å². The summed E-state index contributed by atoms with van der Waals surface area (Å²) < 4.78 is 5.19. The Hall–Kier alpha value is -1.47. The van der Waals surface area contributed by atoms with Gasteiger partial charge in [0.15, 0.2) is 5.82 Å². The van der Waals surface area contributed by atoms with E-state index < -0.39 is 0 Å².